The molecule has 3 aromatic carbocycles. The Morgan fingerprint density at radius 3 is 1.74 bits per heavy atom. The summed E-state index contributed by atoms with van der Waals surface area (Å²) in [6.07, 6.45) is 0.313. The number of carboxylic acids is 1. The first-order valence-corrected chi connectivity index (χ1v) is 16.6. The first-order chi connectivity index (χ1) is 21.9. The van der Waals surface area contributed by atoms with Gasteiger partial charge in [-0.1, -0.05) is 68.1 Å². The molecule has 11 heteroatoms. The van der Waals surface area contributed by atoms with Gasteiger partial charge in [0.25, 0.3) is 0 Å². The maximum Gasteiger partial charge on any atom is 0.335 e. The molecule has 5 N–H and O–H groups in total. The minimum atomic E-state index is -0.879. The molecule has 0 bridgehead atoms. The first kappa shape index (κ1) is 37.3. The van der Waals surface area contributed by atoms with Crippen LogP contribution in [0.25, 0.3) is 0 Å². The van der Waals surface area contributed by atoms with Crippen molar-refractivity contribution in [2.45, 2.75) is 57.4 Å². The molecule has 2 saturated heterocycles. The van der Waals surface area contributed by atoms with Gasteiger partial charge in [-0.2, -0.15) is 0 Å². The van der Waals surface area contributed by atoms with Crippen LogP contribution in [0.15, 0.2) is 78.9 Å². The van der Waals surface area contributed by atoms with E-state index in [-0.39, 0.29) is 29.7 Å². The highest BCUT2D eigenvalue weighted by Gasteiger charge is 2.25. The smallest absolute Gasteiger partial charge is 0.335 e. The second kappa shape index (κ2) is 18.8. The van der Waals surface area contributed by atoms with Gasteiger partial charge in [0.1, 0.15) is 36.9 Å². The predicted octanol–water partition coefficient (Wildman–Crippen LogP) is 5.67. The van der Waals surface area contributed by atoms with Crippen LogP contribution in [0.1, 0.15) is 49.2 Å². The molecule has 0 spiro atoms. The number of hydrogen-bond acceptors (Lipinski definition) is 10. The van der Waals surface area contributed by atoms with Crippen LogP contribution in [0.3, 0.4) is 0 Å². The third kappa shape index (κ3) is 13.7. The number of carboxylic acid groups (broad SMARTS) is 1. The lowest BCUT2D eigenvalue weighted by Crippen LogP contribution is -2.27. The Morgan fingerprint density at radius 2 is 1.37 bits per heavy atom. The third-order valence-corrected chi connectivity index (χ3v) is 8.18. The van der Waals surface area contributed by atoms with Gasteiger partial charge in [0.05, 0.1) is 25.4 Å². The topological polar surface area (TPSA) is 139 Å². The van der Waals surface area contributed by atoms with Crippen LogP contribution in [-0.2, 0) is 19.6 Å². The van der Waals surface area contributed by atoms with Gasteiger partial charge in [-0.15, -0.1) is 0 Å². The highest BCUT2D eigenvalue weighted by Crippen LogP contribution is 2.33. The van der Waals surface area contributed by atoms with Crippen molar-refractivity contribution in [2.24, 2.45) is 11.5 Å². The van der Waals surface area contributed by atoms with E-state index in [1.165, 1.54) is 11.1 Å². The van der Waals surface area contributed by atoms with E-state index in [0.717, 1.165) is 23.9 Å². The van der Waals surface area contributed by atoms with Crippen LogP contribution in [-0.4, -0.2) is 78.5 Å². The number of thioether (sulfide) groups is 1. The van der Waals surface area contributed by atoms with E-state index in [4.69, 9.17) is 52.5 Å². The third-order valence-electron chi connectivity index (χ3n) is 6.86. The zero-order valence-electron chi connectivity index (χ0n) is 26.9. The zero-order chi connectivity index (χ0) is 33.5. The average molecular weight is 671 g/mol. The summed E-state index contributed by atoms with van der Waals surface area (Å²) in [6, 6.07) is 25.1. The highest BCUT2D eigenvalue weighted by atomic mass is 32.2. The van der Waals surface area contributed by atoms with Gasteiger partial charge in [0, 0.05) is 23.3 Å². The van der Waals surface area contributed by atoms with E-state index < -0.39 is 5.97 Å². The summed E-state index contributed by atoms with van der Waals surface area (Å²) < 4.78 is 28.0. The monoisotopic (exact) mass is 670 g/mol. The molecule has 2 fully saturated rings. The van der Waals surface area contributed by atoms with Crippen molar-refractivity contribution in [3.8, 4) is 11.5 Å². The molecule has 0 radical (unpaired) electrons. The first-order valence-electron chi connectivity index (χ1n) is 15.2. The summed E-state index contributed by atoms with van der Waals surface area (Å²) in [6.45, 7) is 11.4. The second-order valence-corrected chi connectivity index (χ2v) is 13.3. The fourth-order valence-corrected chi connectivity index (χ4v) is 5.14. The Balaban J connectivity index is 0.000000262. The van der Waals surface area contributed by atoms with Crippen molar-refractivity contribution < 1.29 is 33.6 Å². The minimum absolute atomic E-state index is 0.0424. The molecule has 3 aromatic rings. The fraction of sp³-hybridized carbons (Fsp3) is 0.429. The van der Waals surface area contributed by atoms with E-state index in [0.29, 0.717) is 36.4 Å². The minimum Gasteiger partial charge on any atom is -0.491 e. The Hall–Kier alpha value is -3.19. The molecule has 46 heavy (non-hydrogen) atoms. The van der Waals surface area contributed by atoms with Gasteiger partial charge in [0.2, 0.25) is 4.38 Å². The Labute approximate surface area is 281 Å². The summed E-state index contributed by atoms with van der Waals surface area (Å²) in [4.78, 5) is 10.2. The van der Waals surface area contributed by atoms with Crippen molar-refractivity contribution in [3.63, 3.8) is 0 Å². The van der Waals surface area contributed by atoms with E-state index in [1.807, 2.05) is 38.1 Å². The lowest BCUT2D eigenvalue weighted by Gasteiger charge is -2.26. The van der Waals surface area contributed by atoms with Crippen LogP contribution >= 0.6 is 24.0 Å². The van der Waals surface area contributed by atoms with Gasteiger partial charge < -0.3 is 40.3 Å². The highest BCUT2D eigenvalue weighted by molar-refractivity contribution is 8.22. The standard InChI is InChI=1S/C22H24O4S2.C7H6O2.C6H16N2O/c1-22(2,15-3-7-17(8-4-15)23-11-19-12-25-19)16-5-9-18(10-6-16)24-13-20-14-28-21(27)26-20;8-7(9)6-4-2-1-3-5-6;1-5(7)3-9-4-6(2)8/h3-10,19-20H,11-14H2,1-2H3;1-5H,(H,8,9);5-6H,3-4,7-8H2,1-2H3. The van der Waals surface area contributed by atoms with Crippen molar-refractivity contribution >= 4 is 34.3 Å². The molecule has 0 aliphatic carbocycles. The Bertz CT molecular complexity index is 1330. The molecule has 2 heterocycles. The van der Waals surface area contributed by atoms with Gasteiger partial charge >= 0.3 is 5.97 Å². The number of ether oxygens (including phenoxy) is 5. The van der Waals surface area contributed by atoms with Gasteiger partial charge in [-0.3, -0.25) is 0 Å². The molecule has 0 aromatic heterocycles. The lowest BCUT2D eigenvalue weighted by atomic mass is 9.78. The van der Waals surface area contributed by atoms with Crippen molar-refractivity contribution in [2.75, 3.05) is 38.8 Å². The SMILES string of the molecule is CC(C)(c1ccc(OCC2CO2)cc1)c1ccc(OCC2CSC(=S)O2)cc1.CC(N)COCC(C)N.O=C(O)c1ccccc1. The average Bonchev–Trinajstić information content (AvgIpc) is 3.78. The van der Waals surface area contributed by atoms with Crippen molar-refractivity contribution in [1.29, 1.82) is 0 Å². The number of hydrogen-bond donors (Lipinski definition) is 3. The van der Waals surface area contributed by atoms with Crippen LogP contribution in [0, 0.1) is 0 Å². The van der Waals surface area contributed by atoms with Gasteiger partial charge in [-0.05, 0) is 73.6 Å². The van der Waals surface area contributed by atoms with E-state index >= 15 is 0 Å². The molecule has 0 saturated carbocycles. The van der Waals surface area contributed by atoms with E-state index in [9.17, 15) is 4.79 Å². The molecule has 4 unspecified atom stereocenters. The predicted molar refractivity (Wildman–Crippen MR) is 187 cm³/mol. The summed E-state index contributed by atoms with van der Waals surface area (Å²) in [5, 5.41) is 8.38. The van der Waals surface area contributed by atoms with E-state index in [2.05, 4.69) is 38.1 Å². The number of epoxide rings is 1. The molecular formula is C35H46N2O7S2. The van der Waals surface area contributed by atoms with Crippen LogP contribution in [0.4, 0.5) is 0 Å². The Kier molecular flexibility index (Phi) is 15.3. The molecule has 250 valence electrons. The Morgan fingerprint density at radius 1 is 0.891 bits per heavy atom. The number of aromatic carboxylic acids is 1. The normalized spacial score (nSPS) is 18.1. The fourth-order valence-electron chi connectivity index (χ4n) is 4.11. The molecular weight excluding hydrogens is 625 g/mol. The maximum atomic E-state index is 10.2. The molecule has 5 rings (SSSR count). The molecule has 0 amide bonds. The zero-order valence-corrected chi connectivity index (χ0v) is 28.6. The number of carbonyl (C=O) groups is 1. The molecule has 2 aliphatic rings. The van der Waals surface area contributed by atoms with Crippen LogP contribution in [0.5, 0.6) is 11.5 Å². The van der Waals surface area contributed by atoms with Crippen LogP contribution < -0.4 is 20.9 Å². The summed E-state index contributed by atoms with van der Waals surface area (Å²) >= 11 is 6.61. The lowest BCUT2D eigenvalue weighted by molar-refractivity contribution is 0.0697. The van der Waals surface area contributed by atoms with Crippen molar-refractivity contribution in [1.82, 2.24) is 0 Å². The number of thiocarbonyl (C=S) groups is 1. The second-order valence-electron chi connectivity index (χ2n) is 11.7. The van der Waals surface area contributed by atoms with Gasteiger partial charge in [0.15, 0.2) is 0 Å². The maximum absolute atomic E-state index is 10.2. The van der Waals surface area contributed by atoms with Gasteiger partial charge in [-0.25, -0.2) is 4.79 Å². The molecule has 9 nitrogen and oxygen atoms in total. The largest absolute Gasteiger partial charge is 0.491 e. The number of nitrogens with two attached hydrogens (primary N) is 2. The van der Waals surface area contributed by atoms with Crippen LogP contribution in [0.2, 0.25) is 0 Å². The molecule has 4 atom stereocenters. The number of benzene rings is 3. The van der Waals surface area contributed by atoms with Crippen molar-refractivity contribution in [3.05, 3.63) is 95.6 Å². The summed E-state index contributed by atoms with van der Waals surface area (Å²) in [7, 11) is 0. The number of rotatable bonds is 13. The summed E-state index contributed by atoms with van der Waals surface area (Å²) in [5.74, 6) is 1.70. The summed E-state index contributed by atoms with van der Waals surface area (Å²) in [5.41, 5.74) is 13.5. The molecule has 2 aliphatic heterocycles. The van der Waals surface area contributed by atoms with E-state index in [1.54, 1.807) is 42.1 Å². The quantitative estimate of drug-likeness (QED) is 0.153.